The van der Waals surface area contributed by atoms with E-state index in [-0.39, 0.29) is 23.0 Å². The maximum atomic E-state index is 10.7. The van der Waals surface area contributed by atoms with Crippen LogP contribution in [0.1, 0.15) is 62.4 Å². The number of aliphatic hydroxyl groups excluding tert-OH is 1. The number of para-hydroxylation sites is 1. The van der Waals surface area contributed by atoms with Crippen molar-refractivity contribution in [1.29, 1.82) is 0 Å². The van der Waals surface area contributed by atoms with Crippen LogP contribution in [-0.2, 0) is 11.8 Å². The van der Waals surface area contributed by atoms with E-state index < -0.39 is 0 Å². The van der Waals surface area contributed by atoms with Gasteiger partial charge in [0.05, 0.1) is 29.2 Å². The average molecular weight is 423 g/mol. The predicted octanol–water partition coefficient (Wildman–Crippen LogP) is 6.12. The summed E-state index contributed by atoms with van der Waals surface area (Å²) in [6, 6.07) is 10.2. The summed E-state index contributed by atoms with van der Waals surface area (Å²) in [4.78, 5) is 18.6. The molecule has 1 fully saturated rings. The Kier molecular flexibility index (Phi) is 4.17. The molecule has 2 aromatic heterocycles. The van der Waals surface area contributed by atoms with Crippen molar-refractivity contribution in [2.75, 3.05) is 0 Å². The first kappa shape index (κ1) is 19.4. The third-order valence-electron chi connectivity index (χ3n) is 7.96. The maximum absolute atomic E-state index is 10.7. The van der Waals surface area contributed by atoms with Crippen LogP contribution in [0.2, 0.25) is 0 Å². The average Bonchev–Trinajstić information content (AvgIpc) is 3.66. The van der Waals surface area contributed by atoms with E-state index in [9.17, 15) is 5.11 Å². The third kappa shape index (κ3) is 2.72. The largest absolute Gasteiger partial charge is 0.523 e. The molecule has 32 heavy (non-hydrogen) atoms. The second-order valence-electron chi connectivity index (χ2n) is 9.88. The molecular weight excluding hydrogens is 396 g/mol. The number of aliphatic hydroxyl groups is 1. The van der Waals surface area contributed by atoms with Crippen LogP contribution in [-0.4, -0.2) is 20.1 Å². The Morgan fingerprint density at radius 2 is 1.94 bits per heavy atom. The molecule has 0 radical (unpaired) electrons. The van der Waals surface area contributed by atoms with E-state index in [4.69, 9.17) is 16.5 Å². The fourth-order valence-electron chi connectivity index (χ4n) is 6.13. The first-order valence-electron chi connectivity index (χ1n) is 11.6. The van der Waals surface area contributed by atoms with Gasteiger partial charge in [-0.3, -0.25) is 4.98 Å². The molecule has 0 aliphatic heterocycles. The number of hydrogen-bond acceptors (Lipinski definition) is 4. The Morgan fingerprint density at radius 1 is 1.12 bits per heavy atom. The number of aromatic nitrogens is 3. The Morgan fingerprint density at radius 3 is 2.72 bits per heavy atom. The smallest absolute Gasteiger partial charge is 0.203 e. The lowest BCUT2D eigenvalue weighted by atomic mass is 9.57. The van der Waals surface area contributed by atoms with Crippen molar-refractivity contribution < 1.29 is 5.11 Å². The fraction of sp³-hybridized carbons (Fsp3) is 0.407. The molecule has 0 spiro atoms. The van der Waals surface area contributed by atoms with E-state index in [0.29, 0.717) is 18.0 Å². The van der Waals surface area contributed by atoms with E-state index in [2.05, 4.69) is 29.7 Å². The van der Waals surface area contributed by atoms with Crippen molar-refractivity contribution in [3.63, 3.8) is 0 Å². The molecule has 0 bridgehead atoms. The predicted molar refractivity (Wildman–Crippen MR) is 124 cm³/mol. The first-order valence-corrected chi connectivity index (χ1v) is 11.6. The molecule has 3 aliphatic carbocycles. The van der Waals surface area contributed by atoms with E-state index in [1.165, 1.54) is 24.1 Å². The quantitative estimate of drug-likeness (QED) is 0.506. The summed E-state index contributed by atoms with van der Waals surface area (Å²) >= 11 is 0. The van der Waals surface area contributed by atoms with E-state index >= 15 is 0 Å². The van der Waals surface area contributed by atoms with Gasteiger partial charge < -0.3 is 5.11 Å². The highest BCUT2D eigenvalue weighted by molar-refractivity contribution is 5.92. The van der Waals surface area contributed by atoms with Gasteiger partial charge in [0.1, 0.15) is 0 Å². The maximum Gasteiger partial charge on any atom is 0.203 e. The van der Waals surface area contributed by atoms with Crippen molar-refractivity contribution in [2.45, 2.75) is 57.3 Å². The molecule has 0 unspecified atom stereocenters. The molecule has 1 N–H and O–H groups in total. The topological polar surface area (TPSA) is 63.3 Å². The SMILES string of the molecule is [C-]#[N+]C1=C(O)[C@H](C)[C@H]2CCc3c(C4CC4)nc(-c4ccnc5ccccc45)nc3[C@]2(C)C1. The minimum absolute atomic E-state index is 0.0319. The summed E-state index contributed by atoms with van der Waals surface area (Å²) in [5, 5.41) is 11.7. The van der Waals surface area contributed by atoms with E-state index in [1.54, 1.807) is 0 Å². The zero-order valence-electron chi connectivity index (χ0n) is 18.5. The lowest BCUT2D eigenvalue weighted by Crippen LogP contribution is -2.45. The number of fused-ring (bicyclic) bond motifs is 4. The fourth-order valence-corrected chi connectivity index (χ4v) is 6.13. The van der Waals surface area contributed by atoms with Crippen molar-refractivity contribution >= 4 is 10.9 Å². The molecule has 3 atom stereocenters. The molecule has 3 aromatic rings. The van der Waals surface area contributed by atoms with Gasteiger partial charge in [0.2, 0.25) is 5.70 Å². The first-order chi connectivity index (χ1) is 15.5. The van der Waals surface area contributed by atoms with Crippen LogP contribution in [0.15, 0.2) is 48.0 Å². The number of nitrogens with zero attached hydrogens (tertiary/aromatic N) is 4. The van der Waals surface area contributed by atoms with Crippen LogP contribution in [0, 0.1) is 18.4 Å². The zero-order chi connectivity index (χ0) is 22.0. The van der Waals surface area contributed by atoms with Crippen LogP contribution in [0.5, 0.6) is 0 Å². The van der Waals surface area contributed by atoms with Crippen LogP contribution < -0.4 is 0 Å². The molecule has 2 heterocycles. The minimum Gasteiger partial charge on any atom is -0.523 e. The third-order valence-corrected chi connectivity index (χ3v) is 7.96. The molecular formula is C27H26N4O. The van der Waals surface area contributed by atoms with E-state index in [1.807, 2.05) is 30.5 Å². The van der Waals surface area contributed by atoms with Crippen LogP contribution in [0.4, 0.5) is 0 Å². The highest BCUT2D eigenvalue weighted by atomic mass is 16.3. The van der Waals surface area contributed by atoms with E-state index in [0.717, 1.165) is 40.8 Å². The van der Waals surface area contributed by atoms with Gasteiger partial charge in [-0.1, -0.05) is 32.0 Å². The summed E-state index contributed by atoms with van der Waals surface area (Å²) in [5.74, 6) is 1.80. The van der Waals surface area contributed by atoms with Crippen molar-refractivity contribution in [2.24, 2.45) is 11.8 Å². The Balaban J connectivity index is 1.60. The summed E-state index contributed by atoms with van der Waals surface area (Å²) in [6.07, 6.45) is 6.70. The molecule has 3 aliphatic rings. The molecule has 0 amide bonds. The number of hydrogen-bond donors (Lipinski definition) is 1. The standard InChI is InChI=1S/C27H26N4O/c1-15-20-11-10-19-23(16-8-9-16)30-26(18-12-13-29-21-7-5-4-6-17(18)21)31-25(19)27(20,2)14-22(28-3)24(15)32/h4-7,12-13,15-16,20,32H,8-11,14H2,1-2H3/t15-,20-,27-/m1/s1. The Labute approximate surface area is 188 Å². The van der Waals surface area contributed by atoms with Gasteiger partial charge in [0, 0.05) is 34.4 Å². The molecule has 5 heteroatoms. The van der Waals surface area contributed by atoms with Crippen molar-refractivity contribution in [3.8, 4) is 11.4 Å². The second kappa shape index (κ2) is 6.87. The monoisotopic (exact) mass is 422 g/mol. The molecule has 0 saturated heterocycles. The van der Waals surface area contributed by atoms with Crippen molar-refractivity contribution in [3.05, 3.63) is 76.4 Å². The molecule has 6 rings (SSSR count). The summed E-state index contributed by atoms with van der Waals surface area (Å²) in [6.45, 7) is 12.0. The van der Waals surface area contributed by atoms with Crippen LogP contribution in [0.3, 0.4) is 0 Å². The summed E-state index contributed by atoms with van der Waals surface area (Å²) in [5.41, 5.74) is 5.78. The molecule has 1 saturated carbocycles. The zero-order valence-corrected chi connectivity index (χ0v) is 18.5. The van der Waals surface area contributed by atoms with Gasteiger partial charge >= 0.3 is 0 Å². The van der Waals surface area contributed by atoms with Gasteiger partial charge in [0.15, 0.2) is 5.82 Å². The van der Waals surface area contributed by atoms with Gasteiger partial charge in [-0.05, 0) is 55.7 Å². The highest BCUT2D eigenvalue weighted by Gasteiger charge is 2.50. The number of rotatable bonds is 2. The molecule has 160 valence electrons. The summed E-state index contributed by atoms with van der Waals surface area (Å²) < 4.78 is 0. The van der Waals surface area contributed by atoms with Gasteiger partial charge in [-0.2, -0.15) is 0 Å². The number of allylic oxidation sites excluding steroid dienone is 2. The van der Waals surface area contributed by atoms with Crippen molar-refractivity contribution in [1.82, 2.24) is 15.0 Å². The minimum atomic E-state index is -0.275. The lowest BCUT2D eigenvalue weighted by Gasteiger charge is -2.48. The Hall–Kier alpha value is -3.26. The number of pyridine rings is 1. The second-order valence-corrected chi connectivity index (χ2v) is 9.88. The van der Waals surface area contributed by atoms with Gasteiger partial charge in [-0.25, -0.2) is 14.8 Å². The molecule has 1 aromatic carbocycles. The van der Waals surface area contributed by atoms with Crippen LogP contribution >= 0.6 is 0 Å². The molecule has 5 nitrogen and oxygen atoms in total. The van der Waals surface area contributed by atoms with Crippen LogP contribution in [0.25, 0.3) is 27.1 Å². The number of benzene rings is 1. The Bertz CT molecular complexity index is 1330. The normalized spacial score (nSPS) is 27.0. The van der Waals surface area contributed by atoms with Gasteiger partial charge in [-0.15, -0.1) is 0 Å². The highest BCUT2D eigenvalue weighted by Crippen LogP contribution is 2.55. The lowest BCUT2D eigenvalue weighted by molar-refractivity contribution is 0.134. The van der Waals surface area contributed by atoms with Gasteiger partial charge in [0.25, 0.3) is 0 Å². The summed E-state index contributed by atoms with van der Waals surface area (Å²) in [7, 11) is 0.